The number of rotatable bonds is 2. The predicted octanol–water partition coefficient (Wildman–Crippen LogP) is 0.791. The van der Waals surface area contributed by atoms with E-state index < -0.39 is 10.8 Å². The van der Waals surface area contributed by atoms with E-state index in [2.05, 4.69) is 4.98 Å². The molecule has 1 atom stereocenters. The maximum Gasteiger partial charge on any atom is 0.0664 e. The van der Waals surface area contributed by atoms with Gasteiger partial charge in [-0.2, -0.15) is 0 Å². The fourth-order valence-corrected chi connectivity index (χ4v) is 1.60. The monoisotopic (exact) mass is 170 g/mol. The first-order valence-corrected chi connectivity index (χ1v) is 4.65. The van der Waals surface area contributed by atoms with Crippen molar-refractivity contribution < 1.29 is 4.21 Å². The lowest BCUT2D eigenvalue weighted by Crippen LogP contribution is -1.99. The molecule has 1 heterocycles. The van der Waals surface area contributed by atoms with Gasteiger partial charge in [0, 0.05) is 11.9 Å². The van der Waals surface area contributed by atoms with Crippen LogP contribution in [0.2, 0.25) is 0 Å². The smallest absolute Gasteiger partial charge is 0.0664 e. The van der Waals surface area contributed by atoms with Crippen LogP contribution in [-0.2, 0) is 10.8 Å². The molecule has 2 N–H and O–H groups in total. The Morgan fingerprint density at radius 2 is 2.45 bits per heavy atom. The van der Waals surface area contributed by atoms with E-state index in [1.807, 2.05) is 6.92 Å². The van der Waals surface area contributed by atoms with Crippen LogP contribution in [0.25, 0.3) is 0 Å². The zero-order valence-electron chi connectivity index (χ0n) is 6.28. The Labute approximate surface area is 68.1 Å². The Balaban J connectivity index is 3.03. The summed E-state index contributed by atoms with van der Waals surface area (Å²) < 4.78 is 11.2. The molecule has 0 amide bonds. The van der Waals surface area contributed by atoms with Crippen LogP contribution in [0.5, 0.6) is 0 Å². The first-order valence-electron chi connectivity index (χ1n) is 3.33. The lowest BCUT2D eigenvalue weighted by atomic mass is 10.4. The first kappa shape index (κ1) is 8.20. The molecule has 0 saturated carbocycles. The molecule has 0 radical (unpaired) electrons. The molecule has 0 aromatic carbocycles. The van der Waals surface area contributed by atoms with Gasteiger partial charge in [0.15, 0.2) is 0 Å². The summed E-state index contributed by atoms with van der Waals surface area (Å²) in [4.78, 5) is 4.49. The van der Waals surface area contributed by atoms with Gasteiger partial charge in [0.05, 0.1) is 27.6 Å². The third-order valence-electron chi connectivity index (χ3n) is 1.32. The van der Waals surface area contributed by atoms with Gasteiger partial charge in [0.2, 0.25) is 0 Å². The number of nitrogen functional groups attached to an aromatic ring is 1. The summed E-state index contributed by atoms with van der Waals surface area (Å²) in [6, 6.07) is 1.69. The van der Waals surface area contributed by atoms with Crippen LogP contribution >= 0.6 is 0 Å². The minimum Gasteiger partial charge on any atom is -0.396 e. The van der Waals surface area contributed by atoms with Gasteiger partial charge in [-0.3, -0.25) is 9.19 Å². The SMILES string of the molecule is CCS(=O)c1ccncc1N. The van der Waals surface area contributed by atoms with E-state index in [0.717, 1.165) is 0 Å². The third kappa shape index (κ3) is 1.77. The second-order valence-electron chi connectivity index (χ2n) is 2.05. The van der Waals surface area contributed by atoms with E-state index in [0.29, 0.717) is 16.3 Å². The maximum absolute atomic E-state index is 11.2. The molecule has 0 aliphatic heterocycles. The molecule has 3 nitrogen and oxygen atoms in total. The topological polar surface area (TPSA) is 56.0 Å². The van der Waals surface area contributed by atoms with E-state index in [1.54, 1.807) is 12.3 Å². The molecule has 1 rings (SSSR count). The Morgan fingerprint density at radius 3 is 3.00 bits per heavy atom. The fraction of sp³-hybridized carbons (Fsp3) is 0.286. The summed E-state index contributed by atoms with van der Waals surface area (Å²) in [5.74, 6) is 0.591. The Morgan fingerprint density at radius 1 is 1.73 bits per heavy atom. The minimum atomic E-state index is -0.967. The van der Waals surface area contributed by atoms with Crippen LogP contribution in [0.4, 0.5) is 5.69 Å². The van der Waals surface area contributed by atoms with Crippen LogP contribution in [0.15, 0.2) is 23.4 Å². The van der Waals surface area contributed by atoms with Crippen molar-refractivity contribution in [2.75, 3.05) is 11.5 Å². The maximum atomic E-state index is 11.2. The predicted molar refractivity (Wildman–Crippen MR) is 45.6 cm³/mol. The standard InChI is InChI=1S/C7H10N2OS/c1-2-11(10)7-3-4-9-5-6(7)8/h3-5H,2,8H2,1H3. The summed E-state index contributed by atoms with van der Waals surface area (Å²) in [5, 5.41) is 0. The molecule has 1 aromatic heterocycles. The van der Waals surface area contributed by atoms with E-state index in [4.69, 9.17) is 5.73 Å². The highest BCUT2D eigenvalue weighted by molar-refractivity contribution is 7.85. The Hall–Kier alpha value is -0.900. The molecule has 60 valence electrons. The van der Waals surface area contributed by atoms with Gasteiger partial charge in [-0.1, -0.05) is 6.92 Å². The van der Waals surface area contributed by atoms with Crippen LogP contribution in [0.3, 0.4) is 0 Å². The van der Waals surface area contributed by atoms with Gasteiger partial charge in [-0.05, 0) is 6.07 Å². The number of anilines is 1. The highest BCUT2D eigenvalue weighted by Gasteiger charge is 2.03. The Kier molecular flexibility index (Phi) is 2.59. The molecule has 4 heteroatoms. The molecular weight excluding hydrogens is 160 g/mol. The summed E-state index contributed by atoms with van der Waals surface area (Å²) in [6.45, 7) is 1.86. The number of hydrogen-bond donors (Lipinski definition) is 1. The van der Waals surface area contributed by atoms with Crippen molar-refractivity contribution in [3.63, 3.8) is 0 Å². The summed E-state index contributed by atoms with van der Waals surface area (Å²) in [5.41, 5.74) is 6.05. The molecule has 0 aliphatic carbocycles. The third-order valence-corrected chi connectivity index (χ3v) is 2.70. The van der Waals surface area contributed by atoms with Crippen LogP contribution in [-0.4, -0.2) is 14.9 Å². The van der Waals surface area contributed by atoms with Gasteiger partial charge in [-0.25, -0.2) is 0 Å². The van der Waals surface area contributed by atoms with E-state index in [9.17, 15) is 4.21 Å². The van der Waals surface area contributed by atoms with Gasteiger partial charge in [-0.15, -0.1) is 0 Å². The Bertz CT molecular complexity index is 275. The van der Waals surface area contributed by atoms with Gasteiger partial charge in [0.25, 0.3) is 0 Å². The van der Waals surface area contributed by atoms with Crippen molar-refractivity contribution in [2.45, 2.75) is 11.8 Å². The summed E-state index contributed by atoms with van der Waals surface area (Å²) in [7, 11) is -0.967. The van der Waals surface area contributed by atoms with Gasteiger partial charge >= 0.3 is 0 Å². The molecule has 1 aromatic rings. The molecule has 0 bridgehead atoms. The normalized spacial score (nSPS) is 12.8. The molecule has 11 heavy (non-hydrogen) atoms. The number of nitrogens with two attached hydrogens (primary N) is 1. The quantitative estimate of drug-likeness (QED) is 0.714. The van der Waals surface area contributed by atoms with E-state index >= 15 is 0 Å². The average Bonchev–Trinajstić information content (AvgIpc) is 2.04. The number of pyridine rings is 1. The van der Waals surface area contributed by atoms with Crippen molar-refractivity contribution in [1.82, 2.24) is 4.98 Å². The van der Waals surface area contributed by atoms with Crippen molar-refractivity contribution in [2.24, 2.45) is 0 Å². The number of aromatic nitrogens is 1. The number of nitrogens with zero attached hydrogens (tertiary/aromatic N) is 1. The summed E-state index contributed by atoms with van der Waals surface area (Å²) in [6.07, 6.45) is 3.11. The number of hydrogen-bond acceptors (Lipinski definition) is 3. The first-order chi connectivity index (χ1) is 5.25. The molecule has 1 unspecified atom stereocenters. The second-order valence-corrected chi connectivity index (χ2v) is 3.76. The van der Waals surface area contributed by atoms with Gasteiger partial charge < -0.3 is 5.73 Å². The molecular formula is C7H10N2OS. The highest BCUT2D eigenvalue weighted by atomic mass is 32.2. The summed E-state index contributed by atoms with van der Waals surface area (Å²) >= 11 is 0. The minimum absolute atomic E-state index is 0.507. The van der Waals surface area contributed by atoms with E-state index in [1.165, 1.54) is 6.20 Å². The average molecular weight is 170 g/mol. The van der Waals surface area contributed by atoms with Crippen molar-refractivity contribution >= 4 is 16.5 Å². The molecule has 0 fully saturated rings. The fourth-order valence-electron chi connectivity index (χ4n) is 0.757. The van der Waals surface area contributed by atoms with Gasteiger partial charge in [0.1, 0.15) is 0 Å². The molecule has 0 saturated heterocycles. The van der Waals surface area contributed by atoms with Crippen LogP contribution in [0, 0.1) is 0 Å². The molecule has 0 aliphatic rings. The second kappa shape index (κ2) is 3.48. The van der Waals surface area contributed by atoms with Crippen molar-refractivity contribution in [1.29, 1.82) is 0 Å². The lowest BCUT2D eigenvalue weighted by molar-refractivity contribution is 0.684. The van der Waals surface area contributed by atoms with Crippen molar-refractivity contribution in [3.05, 3.63) is 18.5 Å². The van der Waals surface area contributed by atoms with Crippen molar-refractivity contribution in [3.8, 4) is 0 Å². The highest BCUT2D eigenvalue weighted by Crippen LogP contribution is 2.13. The zero-order valence-corrected chi connectivity index (χ0v) is 7.10. The van der Waals surface area contributed by atoms with Crippen LogP contribution in [0.1, 0.15) is 6.92 Å². The van der Waals surface area contributed by atoms with E-state index in [-0.39, 0.29) is 0 Å². The lowest BCUT2D eigenvalue weighted by Gasteiger charge is -2.00. The van der Waals surface area contributed by atoms with Crippen LogP contribution < -0.4 is 5.73 Å². The largest absolute Gasteiger partial charge is 0.396 e. The zero-order chi connectivity index (χ0) is 8.27. The molecule has 0 spiro atoms.